The van der Waals surface area contributed by atoms with Gasteiger partial charge in [0.1, 0.15) is 23.9 Å². The number of methoxy groups -OCH3 is 1. The normalized spacial score (nSPS) is 35.7. The highest BCUT2D eigenvalue weighted by atomic mass is 16.7. The molecule has 1 amide bonds. The zero-order valence-corrected chi connectivity index (χ0v) is 24.0. The van der Waals surface area contributed by atoms with E-state index in [2.05, 4.69) is 18.3 Å². The van der Waals surface area contributed by atoms with E-state index in [1.54, 1.807) is 20.1 Å². The van der Waals surface area contributed by atoms with Crippen LogP contribution in [0.1, 0.15) is 60.8 Å². The molecule has 1 unspecified atom stereocenters. The van der Waals surface area contributed by atoms with Gasteiger partial charge in [0, 0.05) is 33.5 Å². The Kier molecular flexibility index (Phi) is 10.9. The predicted octanol–water partition coefficient (Wildman–Crippen LogP) is 3.15. The van der Waals surface area contributed by atoms with Crippen molar-refractivity contribution < 1.29 is 42.8 Å². The van der Waals surface area contributed by atoms with Crippen molar-refractivity contribution in [3.05, 3.63) is 36.0 Å². The lowest BCUT2D eigenvalue weighted by atomic mass is 9.88. The Morgan fingerprint density at radius 3 is 2.44 bits per heavy atom. The van der Waals surface area contributed by atoms with E-state index in [-0.39, 0.29) is 36.2 Å². The Bertz CT molecular complexity index is 970. The van der Waals surface area contributed by atoms with Crippen LogP contribution in [0.4, 0.5) is 0 Å². The molecule has 9 atom stereocenters. The van der Waals surface area contributed by atoms with Crippen LogP contribution in [0.2, 0.25) is 0 Å². The number of epoxide rings is 1. The highest BCUT2D eigenvalue weighted by molar-refractivity contribution is 5.87. The molecule has 1 N–H and O–H groups in total. The van der Waals surface area contributed by atoms with Gasteiger partial charge in [-0.25, -0.2) is 0 Å². The van der Waals surface area contributed by atoms with Crippen LogP contribution >= 0.6 is 0 Å². The monoisotopic (exact) mass is 549 g/mol. The lowest BCUT2D eigenvalue weighted by molar-refractivity contribution is -0.230. The minimum absolute atomic E-state index is 0.0187. The quantitative estimate of drug-likeness (QED) is 0.190. The van der Waals surface area contributed by atoms with Crippen molar-refractivity contribution in [2.75, 3.05) is 13.7 Å². The number of allylic oxidation sites excluding steroid dienone is 2. The minimum Gasteiger partial charge on any atom is -0.459 e. The molecule has 0 bridgehead atoms. The van der Waals surface area contributed by atoms with Crippen LogP contribution in [0.5, 0.6) is 0 Å². The van der Waals surface area contributed by atoms with E-state index < -0.39 is 36.0 Å². The number of hydrogen-bond donors (Lipinski definition) is 1. The third-order valence-electron chi connectivity index (χ3n) is 7.34. The summed E-state index contributed by atoms with van der Waals surface area (Å²) in [4.78, 5) is 34.8. The molecule has 0 aliphatic carbocycles. The Morgan fingerprint density at radius 2 is 1.82 bits per heavy atom. The lowest BCUT2D eigenvalue weighted by Crippen LogP contribution is -2.51. The molecule has 0 aromatic carbocycles. The Balaban J connectivity index is 1.52. The highest BCUT2D eigenvalue weighted by Crippen LogP contribution is 2.44. The fourth-order valence-corrected chi connectivity index (χ4v) is 5.20. The summed E-state index contributed by atoms with van der Waals surface area (Å²) in [6.45, 7) is 11.0. The van der Waals surface area contributed by atoms with Crippen molar-refractivity contribution >= 4 is 17.8 Å². The summed E-state index contributed by atoms with van der Waals surface area (Å²) < 4.78 is 34.0. The van der Waals surface area contributed by atoms with Crippen molar-refractivity contribution in [1.82, 2.24) is 5.32 Å². The molecular formula is C29H43NO9. The number of carbonyl (C=O) groups is 3. The molecule has 3 rings (SSSR count). The number of ether oxygens (including phenoxy) is 6. The number of rotatable bonds is 10. The molecule has 3 heterocycles. The molecule has 10 nitrogen and oxygen atoms in total. The first-order chi connectivity index (χ1) is 18.4. The predicted molar refractivity (Wildman–Crippen MR) is 142 cm³/mol. The van der Waals surface area contributed by atoms with Crippen LogP contribution in [0.3, 0.4) is 0 Å². The first-order valence-corrected chi connectivity index (χ1v) is 13.6. The standard InChI is InChI=1S/C29H43NO9/c1-17(9-12-25-28(34-7)29(16-35-29)15-27(39-25)38-22(6)32)8-11-24-18(2)14-23(20(4)37-24)30-26(33)13-10-19(3)36-21(5)31/h8-10,12-13,18-20,23-25,27-28H,11,14-16H2,1-7H3,(H,30,33)/b12-9+,13-10-,17-8+/t18-,19?,20+,23+,24-,25+,27+,28+,29+/m0/s1. The number of esters is 2. The van der Waals surface area contributed by atoms with Crippen LogP contribution in [0.15, 0.2) is 36.0 Å². The average molecular weight is 550 g/mol. The SMILES string of the molecule is CO[C@@H]1[C@@H](/C=C/C(C)=C/C[C@@H]2O[C@H](C)[C@H](NC(=O)/C=C\C(C)OC(C)=O)C[C@@H]2C)O[C@@H](OC(C)=O)C[C@@]12CO2. The van der Waals surface area contributed by atoms with E-state index in [0.29, 0.717) is 13.0 Å². The lowest BCUT2D eigenvalue weighted by Gasteiger charge is -2.39. The van der Waals surface area contributed by atoms with E-state index in [4.69, 9.17) is 28.4 Å². The van der Waals surface area contributed by atoms with Crippen molar-refractivity contribution in [2.45, 2.75) is 109 Å². The van der Waals surface area contributed by atoms with Crippen LogP contribution in [0, 0.1) is 5.92 Å². The molecule has 0 aromatic heterocycles. The van der Waals surface area contributed by atoms with Gasteiger partial charge in [-0.05, 0) is 45.6 Å². The largest absolute Gasteiger partial charge is 0.459 e. The Hall–Kier alpha value is -2.53. The molecule has 3 fully saturated rings. The maximum atomic E-state index is 12.4. The molecule has 39 heavy (non-hydrogen) atoms. The highest BCUT2D eigenvalue weighted by Gasteiger charge is 2.60. The topological polar surface area (TPSA) is 122 Å². The molecule has 0 aromatic rings. The van der Waals surface area contributed by atoms with Gasteiger partial charge < -0.3 is 33.7 Å². The summed E-state index contributed by atoms with van der Waals surface area (Å²) in [5, 5.41) is 3.00. The molecule has 0 radical (unpaired) electrons. The third-order valence-corrected chi connectivity index (χ3v) is 7.34. The number of nitrogens with one attached hydrogen (secondary N) is 1. The van der Waals surface area contributed by atoms with Gasteiger partial charge >= 0.3 is 11.9 Å². The molecule has 0 saturated carbocycles. The molecule has 3 saturated heterocycles. The first kappa shape index (κ1) is 31.0. The van der Waals surface area contributed by atoms with E-state index in [1.165, 1.54) is 19.9 Å². The van der Waals surface area contributed by atoms with Gasteiger partial charge in [-0.1, -0.05) is 30.7 Å². The second-order valence-corrected chi connectivity index (χ2v) is 10.8. The average Bonchev–Trinajstić information content (AvgIpc) is 3.60. The van der Waals surface area contributed by atoms with Crippen molar-refractivity contribution in [3.63, 3.8) is 0 Å². The van der Waals surface area contributed by atoms with Gasteiger partial charge in [-0.15, -0.1) is 0 Å². The van der Waals surface area contributed by atoms with E-state index in [9.17, 15) is 14.4 Å². The number of amides is 1. The first-order valence-electron chi connectivity index (χ1n) is 13.6. The second kappa shape index (κ2) is 13.7. The minimum atomic E-state index is -0.672. The number of hydrogen-bond acceptors (Lipinski definition) is 9. The summed E-state index contributed by atoms with van der Waals surface area (Å²) in [7, 11) is 1.63. The summed E-state index contributed by atoms with van der Waals surface area (Å²) >= 11 is 0. The summed E-state index contributed by atoms with van der Waals surface area (Å²) in [5.41, 5.74) is 0.559. The summed E-state index contributed by atoms with van der Waals surface area (Å²) in [6.07, 6.45) is 8.97. The van der Waals surface area contributed by atoms with Crippen LogP contribution in [-0.2, 0) is 42.8 Å². The number of carbonyl (C=O) groups excluding carboxylic acids is 3. The zero-order chi connectivity index (χ0) is 28.7. The van der Waals surface area contributed by atoms with E-state index >= 15 is 0 Å². The molecule has 218 valence electrons. The van der Waals surface area contributed by atoms with Gasteiger partial charge in [0.2, 0.25) is 12.2 Å². The van der Waals surface area contributed by atoms with Gasteiger partial charge in [-0.3, -0.25) is 14.4 Å². The summed E-state index contributed by atoms with van der Waals surface area (Å²) in [5.74, 6) is -0.792. The third kappa shape index (κ3) is 8.99. The van der Waals surface area contributed by atoms with E-state index in [1.807, 2.05) is 26.0 Å². The van der Waals surface area contributed by atoms with Crippen LogP contribution in [0.25, 0.3) is 0 Å². The molecule has 3 aliphatic rings. The molecule has 10 heteroatoms. The maximum absolute atomic E-state index is 12.4. The summed E-state index contributed by atoms with van der Waals surface area (Å²) in [6, 6.07) is -0.112. The maximum Gasteiger partial charge on any atom is 0.304 e. The van der Waals surface area contributed by atoms with Crippen molar-refractivity contribution in [3.8, 4) is 0 Å². The van der Waals surface area contributed by atoms with Crippen molar-refractivity contribution in [1.29, 1.82) is 0 Å². The van der Waals surface area contributed by atoms with Gasteiger partial charge in [0.05, 0.1) is 24.9 Å². The molecular weight excluding hydrogens is 506 g/mol. The molecule has 1 spiro atoms. The van der Waals surface area contributed by atoms with Gasteiger partial charge in [-0.2, -0.15) is 0 Å². The molecule has 3 aliphatic heterocycles. The Morgan fingerprint density at radius 1 is 1.10 bits per heavy atom. The second-order valence-electron chi connectivity index (χ2n) is 10.8. The van der Waals surface area contributed by atoms with Gasteiger partial charge in [0.25, 0.3) is 0 Å². The van der Waals surface area contributed by atoms with E-state index in [0.717, 1.165) is 18.4 Å². The zero-order valence-electron chi connectivity index (χ0n) is 24.0. The Labute approximate surface area is 231 Å². The van der Waals surface area contributed by atoms with Gasteiger partial charge in [0.15, 0.2) is 0 Å². The fourth-order valence-electron chi connectivity index (χ4n) is 5.20. The fraction of sp³-hybridized carbons (Fsp3) is 0.690. The van der Waals surface area contributed by atoms with Crippen LogP contribution < -0.4 is 5.32 Å². The van der Waals surface area contributed by atoms with Crippen molar-refractivity contribution in [2.24, 2.45) is 5.92 Å². The van der Waals surface area contributed by atoms with Crippen LogP contribution in [-0.4, -0.2) is 80.0 Å². The smallest absolute Gasteiger partial charge is 0.304 e.